The topological polar surface area (TPSA) is 119 Å². The molecule has 1 N–H and O–H groups in total. The van der Waals surface area contributed by atoms with Gasteiger partial charge in [-0.1, -0.05) is 20.8 Å². The van der Waals surface area contributed by atoms with Crippen LogP contribution in [0, 0.1) is 17.3 Å². The molecule has 1 amide bonds. The molecule has 1 aliphatic rings. The minimum absolute atomic E-state index is 0.101. The fraction of sp³-hybridized carbons (Fsp3) is 0.500. The van der Waals surface area contributed by atoms with E-state index in [0.29, 0.717) is 11.4 Å². The molecule has 1 fully saturated rings. The molecule has 178 valence electrons. The van der Waals surface area contributed by atoms with Gasteiger partial charge in [-0.2, -0.15) is 0 Å². The third-order valence-corrected chi connectivity index (χ3v) is 5.93. The number of aromatic nitrogens is 1. The van der Waals surface area contributed by atoms with Crippen molar-refractivity contribution in [3.63, 3.8) is 0 Å². The number of ether oxygens (including phenoxy) is 2. The number of furan rings is 1. The Kier molecular flexibility index (Phi) is 7.40. The van der Waals surface area contributed by atoms with Gasteiger partial charge in [0.2, 0.25) is 5.91 Å². The smallest absolute Gasteiger partial charge is 0.326 e. The van der Waals surface area contributed by atoms with E-state index in [1.165, 1.54) is 12.0 Å². The molecule has 0 aromatic carbocycles. The average Bonchev–Trinajstić information content (AvgIpc) is 3.45. The number of nitrogens with zero attached hydrogens (tertiary/aromatic N) is 2. The summed E-state index contributed by atoms with van der Waals surface area (Å²) >= 11 is 0. The van der Waals surface area contributed by atoms with Crippen LogP contribution in [0.1, 0.15) is 33.6 Å². The molecule has 3 rings (SSSR count). The van der Waals surface area contributed by atoms with E-state index in [1.807, 2.05) is 20.8 Å². The number of carboxylic acids is 1. The van der Waals surface area contributed by atoms with Crippen molar-refractivity contribution in [3.05, 3.63) is 36.9 Å². The molecule has 0 aliphatic carbocycles. The Morgan fingerprint density at radius 1 is 1.30 bits per heavy atom. The number of aliphatic carboxylic acids is 1. The Balaban J connectivity index is 1.70. The largest absolute Gasteiger partial charge is 0.493 e. The van der Waals surface area contributed by atoms with E-state index >= 15 is 0 Å². The SMILES string of the molecule is COC(=O)C[C@H](C(=O)N1C[C@H](COc2ccnc(-c3ccoc3)c2)C[C@H]1C(=O)O)C(C)(C)C. The lowest BCUT2D eigenvalue weighted by atomic mass is 9.77. The maximum Gasteiger partial charge on any atom is 0.326 e. The number of methoxy groups -OCH3 is 1. The molecule has 1 saturated heterocycles. The molecule has 9 nitrogen and oxygen atoms in total. The van der Waals surface area contributed by atoms with Gasteiger partial charge in [0.1, 0.15) is 11.8 Å². The molecule has 2 aromatic rings. The summed E-state index contributed by atoms with van der Waals surface area (Å²) in [5.74, 6) is -2.18. The molecule has 0 radical (unpaired) electrons. The number of carbonyl (C=O) groups is 3. The van der Waals surface area contributed by atoms with Gasteiger partial charge in [-0.15, -0.1) is 0 Å². The Labute approximate surface area is 192 Å². The van der Waals surface area contributed by atoms with Crippen LogP contribution in [0.25, 0.3) is 11.3 Å². The first-order valence-corrected chi connectivity index (χ1v) is 10.8. The first kappa shape index (κ1) is 24.3. The predicted octanol–water partition coefficient (Wildman–Crippen LogP) is 3.25. The number of pyridine rings is 1. The minimum atomic E-state index is -1.07. The summed E-state index contributed by atoms with van der Waals surface area (Å²) in [6, 6.07) is 4.34. The van der Waals surface area contributed by atoms with Gasteiger partial charge in [-0.05, 0) is 24.0 Å². The van der Waals surface area contributed by atoms with Crippen LogP contribution < -0.4 is 4.74 Å². The fourth-order valence-corrected chi connectivity index (χ4v) is 4.02. The Morgan fingerprint density at radius 2 is 2.06 bits per heavy atom. The van der Waals surface area contributed by atoms with E-state index in [2.05, 4.69) is 4.98 Å². The van der Waals surface area contributed by atoms with Gasteiger partial charge in [-0.3, -0.25) is 14.6 Å². The number of rotatable bonds is 8. The molecule has 2 aromatic heterocycles. The molecule has 0 saturated carbocycles. The molecule has 9 heteroatoms. The minimum Gasteiger partial charge on any atom is -0.493 e. The lowest BCUT2D eigenvalue weighted by Gasteiger charge is -2.33. The molecular weight excluding hydrogens is 428 g/mol. The Hall–Kier alpha value is -3.36. The molecule has 0 unspecified atom stereocenters. The second kappa shape index (κ2) is 10.1. The number of hydrogen-bond donors (Lipinski definition) is 1. The number of hydrogen-bond acceptors (Lipinski definition) is 7. The summed E-state index contributed by atoms with van der Waals surface area (Å²) < 4.78 is 15.8. The zero-order valence-electron chi connectivity index (χ0n) is 19.3. The van der Waals surface area contributed by atoms with E-state index in [0.717, 1.165) is 5.56 Å². The first-order valence-electron chi connectivity index (χ1n) is 10.8. The van der Waals surface area contributed by atoms with Crippen molar-refractivity contribution in [1.29, 1.82) is 0 Å². The molecule has 1 aliphatic heterocycles. The zero-order valence-corrected chi connectivity index (χ0v) is 19.3. The van der Waals surface area contributed by atoms with E-state index < -0.39 is 29.3 Å². The van der Waals surface area contributed by atoms with E-state index in [1.54, 1.807) is 36.9 Å². The van der Waals surface area contributed by atoms with Gasteiger partial charge >= 0.3 is 11.9 Å². The van der Waals surface area contributed by atoms with Crippen molar-refractivity contribution in [1.82, 2.24) is 9.88 Å². The lowest BCUT2D eigenvalue weighted by Crippen LogP contribution is -2.47. The van der Waals surface area contributed by atoms with Crippen molar-refractivity contribution >= 4 is 17.8 Å². The lowest BCUT2D eigenvalue weighted by molar-refractivity contribution is -0.154. The summed E-state index contributed by atoms with van der Waals surface area (Å²) in [6.07, 6.45) is 4.95. The maximum atomic E-state index is 13.4. The van der Waals surface area contributed by atoms with Gasteiger partial charge in [0.15, 0.2) is 0 Å². The maximum absolute atomic E-state index is 13.4. The predicted molar refractivity (Wildman–Crippen MR) is 118 cm³/mol. The van der Waals surface area contributed by atoms with Gasteiger partial charge in [0, 0.05) is 30.3 Å². The normalized spacial score (nSPS) is 19.2. The third-order valence-electron chi connectivity index (χ3n) is 5.93. The Morgan fingerprint density at radius 3 is 2.67 bits per heavy atom. The van der Waals surface area contributed by atoms with Gasteiger partial charge in [-0.25, -0.2) is 4.79 Å². The molecule has 0 bridgehead atoms. The number of likely N-dealkylation sites (tertiary alicyclic amines) is 1. The van der Waals surface area contributed by atoms with Crippen LogP contribution in [-0.4, -0.2) is 59.1 Å². The summed E-state index contributed by atoms with van der Waals surface area (Å²) in [5, 5.41) is 9.75. The zero-order chi connectivity index (χ0) is 24.2. The van der Waals surface area contributed by atoms with Crippen molar-refractivity contribution < 1.29 is 33.4 Å². The molecule has 33 heavy (non-hydrogen) atoms. The van der Waals surface area contributed by atoms with Crippen molar-refractivity contribution in [2.24, 2.45) is 17.3 Å². The van der Waals surface area contributed by atoms with E-state index in [-0.39, 0.29) is 37.8 Å². The first-order chi connectivity index (χ1) is 15.6. The van der Waals surface area contributed by atoms with Crippen molar-refractivity contribution in [2.75, 3.05) is 20.3 Å². The highest BCUT2D eigenvalue weighted by atomic mass is 16.5. The molecule has 3 heterocycles. The number of carboxylic acid groups (broad SMARTS) is 1. The van der Waals surface area contributed by atoms with Crippen LogP contribution >= 0.6 is 0 Å². The van der Waals surface area contributed by atoms with Crippen molar-refractivity contribution in [3.8, 4) is 17.0 Å². The van der Waals surface area contributed by atoms with Gasteiger partial charge in [0.25, 0.3) is 0 Å². The van der Waals surface area contributed by atoms with Crippen LogP contribution in [0.4, 0.5) is 0 Å². The Bertz CT molecular complexity index is 981. The molecule has 3 atom stereocenters. The fourth-order valence-electron chi connectivity index (χ4n) is 4.02. The van der Waals surface area contributed by atoms with E-state index in [4.69, 9.17) is 13.9 Å². The van der Waals surface area contributed by atoms with Gasteiger partial charge < -0.3 is 23.9 Å². The monoisotopic (exact) mass is 458 g/mol. The average molecular weight is 459 g/mol. The van der Waals surface area contributed by atoms with Crippen LogP contribution in [0.3, 0.4) is 0 Å². The highest BCUT2D eigenvalue weighted by molar-refractivity contribution is 5.88. The van der Waals surface area contributed by atoms with Crippen LogP contribution in [-0.2, 0) is 19.1 Å². The molecule has 0 spiro atoms. The van der Waals surface area contributed by atoms with Crippen molar-refractivity contribution in [2.45, 2.75) is 39.7 Å². The highest BCUT2D eigenvalue weighted by Crippen LogP contribution is 2.35. The summed E-state index contributed by atoms with van der Waals surface area (Å²) in [6.45, 7) is 6.05. The number of carbonyl (C=O) groups excluding carboxylic acids is 2. The van der Waals surface area contributed by atoms with Crippen LogP contribution in [0.2, 0.25) is 0 Å². The van der Waals surface area contributed by atoms with E-state index in [9.17, 15) is 19.5 Å². The van der Waals surface area contributed by atoms with Gasteiger partial charge in [0.05, 0.1) is 44.3 Å². The summed E-state index contributed by atoms with van der Waals surface area (Å²) in [7, 11) is 1.27. The second-order valence-corrected chi connectivity index (χ2v) is 9.35. The summed E-state index contributed by atoms with van der Waals surface area (Å²) in [4.78, 5) is 42.8. The number of amides is 1. The van der Waals surface area contributed by atoms with Crippen LogP contribution in [0.15, 0.2) is 41.3 Å². The second-order valence-electron chi connectivity index (χ2n) is 9.35. The van der Waals surface area contributed by atoms with Crippen LogP contribution in [0.5, 0.6) is 5.75 Å². The molecular formula is C24H30N2O7. The number of esters is 1. The summed E-state index contributed by atoms with van der Waals surface area (Å²) in [5.41, 5.74) is 0.982. The standard InChI is InChI=1S/C24H30N2O7/c1-24(2,3)18(11-21(27)31-4)22(28)26-12-15(9-20(26)23(29)30)13-33-17-5-7-25-19(10-17)16-6-8-32-14-16/h5-8,10,14-15,18,20H,9,11-13H2,1-4H3,(H,29,30)/t15-,18-,20+/m1/s1. The third kappa shape index (κ3) is 5.91. The highest BCUT2D eigenvalue weighted by Gasteiger charge is 2.45. The quantitative estimate of drug-likeness (QED) is 0.599.